The molecule has 142 valence electrons. The van der Waals surface area contributed by atoms with Crippen molar-refractivity contribution in [2.24, 2.45) is 5.92 Å². The van der Waals surface area contributed by atoms with E-state index in [2.05, 4.69) is 40.5 Å². The topological polar surface area (TPSA) is 49.4 Å². The number of amides is 1. The predicted molar refractivity (Wildman–Crippen MR) is 109 cm³/mol. The van der Waals surface area contributed by atoms with E-state index in [1.54, 1.807) is 24.3 Å². The molecule has 0 bridgehead atoms. The quantitative estimate of drug-likeness (QED) is 0.783. The van der Waals surface area contributed by atoms with Crippen molar-refractivity contribution in [3.63, 3.8) is 0 Å². The zero-order chi connectivity index (χ0) is 19.2. The maximum Gasteiger partial charge on any atom is 0.221 e. The van der Waals surface area contributed by atoms with Crippen LogP contribution in [-0.4, -0.2) is 35.7 Å². The summed E-state index contributed by atoms with van der Waals surface area (Å²) in [5, 5.41) is 2.73. The third-order valence-electron chi connectivity index (χ3n) is 5.43. The monoisotopic (exact) mass is 364 g/mol. The Morgan fingerprint density at radius 2 is 1.67 bits per heavy atom. The second-order valence-corrected chi connectivity index (χ2v) is 7.47. The van der Waals surface area contributed by atoms with Crippen LogP contribution in [-0.2, 0) is 11.2 Å². The normalized spacial score (nSPS) is 16.7. The van der Waals surface area contributed by atoms with Crippen molar-refractivity contribution in [1.29, 1.82) is 0 Å². The summed E-state index contributed by atoms with van der Waals surface area (Å²) in [6.45, 7) is 5.41. The van der Waals surface area contributed by atoms with Crippen LogP contribution in [0, 0.1) is 5.92 Å². The molecule has 1 aliphatic rings. The second-order valence-electron chi connectivity index (χ2n) is 7.47. The van der Waals surface area contributed by atoms with E-state index >= 15 is 0 Å². The molecule has 1 N–H and O–H groups in total. The molecule has 1 amide bonds. The molecule has 1 unspecified atom stereocenters. The number of anilines is 1. The highest BCUT2D eigenvalue weighted by molar-refractivity contribution is 6.00. The van der Waals surface area contributed by atoms with Crippen molar-refractivity contribution in [3.8, 4) is 0 Å². The lowest BCUT2D eigenvalue weighted by Gasteiger charge is -2.35. The molecule has 1 heterocycles. The minimum Gasteiger partial charge on any atom is -0.326 e. The Morgan fingerprint density at radius 1 is 1.04 bits per heavy atom. The van der Waals surface area contributed by atoms with E-state index in [-0.39, 0.29) is 17.7 Å². The fourth-order valence-electron chi connectivity index (χ4n) is 3.82. The Balaban J connectivity index is 1.53. The van der Waals surface area contributed by atoms with Gasteiger partial charge in [0.2, 0.25) is 5.91 Å². The third kappa shape index (κ3) is 5.27. The van der Waals surface area contributed by atoms with Gasteiger partial charge in [0.05, 0.1) is 6.04 Å². The van der Waals surface area contributed by atoms with Gasteiger partial charge in [0.1, 0.15) is 0 Å². The maximum atomic E-state index is 12.8. The standard InChI is InChI=1S/C23H28N2O2/c1-17(23(27)21-8-10-22(11-9-21)24-18(2)26)25-14-12-20(13-15-25)16-19-6-4-3-5-7-19/h3-11,17,20H,12-16H2,1-2H3,(H,24,26). The van der Waals surface area contributed by atoms with Crippen molar-refractivity contribution >= 4 is 17.4 Å². The summed E-state index contributed by atoms with van der Waals surface area (Å²) in [7, 11) is 0. The summed E-state index contributed by atoms with van der Waals surface area (Å²) in [6.07, 6.45) is 3.39. The first-order valence-electron chi connectivity index (χ1n) is 9.73. The van der Waals surface area contributed by atoms with Crippen LogP contribution >= 0.6 is 0 Å². The van der Waals surface area contributed by atoms with E-state index in [0.717, 1.165) is 32.4 Å². The number of Topliss-reactive ketones (excluding diaryl/α,β-unsaturated/α-hetero) is 1. The van der Waals surface area contributed by atoms with Crippen LogP contribution in [0.2, 0.25) is 0 Å². The van der Waals surface area contributed by atoms with Gasteiger partial charge in [0.25, 0.3) is 0 Å². The summed E-state index contributed by atoms with van der Waals surface area (Å²) < 4.78 is 0. The molecule has 1 saturated heterocycles. The number of rotatable bonds is 6. The second kappa shape index (κ2) is 8.96. The number of nitrogens with zero attached hydrogens (tertiary/aromatic N) is 1. The summed E-state index contributed by atoms with van der Waals surface area (Å²) in [6, 6.07) is 17.7. The molecular formula is C23H28N2O2. The lowest BCUT2D eigenvalue weighted by atomic mass is 9.89. The fourth-order valence-corrected chi connectivity index (χ4v) is 3.82. The number of likely N-dealkylation sites (tertiary alicyclic amines) is 1. The lowest BCUT2D eigenvalue weighted by molar-refractivity contribution is -0.114. The Hall–Kier alpha value is -2.46. The highest BCUT2D eigenvalue weighted by Gasteiger charge is 2.27. The molecule has 1 atom stereocenters. The van der Waals surface area contributed by atoms with Crippen LogP contribution in [0.25, 0.3) is 0 Å². The highest BCUT2D eigenvalue weighted by atomic mass is 16.1. The number of piperidine rings is 1. The van der Waals surface area contributed by atoms with Gasteiger partial charge < -0.3 is 5.32 Å². The number of hydrogen-bond acceptors (Lipinski definition) is 3. The highest BCUT2D eigenvalue weighted by Crippen LogP contribution is 2.24. The van der Waals surface area contributed by atoms with Crippen LogP contribution in [0.15, 0.2) is 54.6 Å². The van der Waals surface area contributed by atoms with Crippen LogP contribution < -0.4 is 5.32 Å². The minimum absolute atomic E-state index is 0.110. The molecular weight excluding hydrogens is 336 g/mol. The van der Waals surface area contributed by atoms with Crippen LogP contribution in [0.4, 0.5) is 5.69 Å². The summed E-state index contributed by atoms with van der Waals surface area (Å²) in [5.74, 6) is 0.731. The van der Waals surface area contributed by atoms with E-state index in [4.69, 9.17) is 0 Å². The van der Waals surface area contributed by atoms with Crippen LogP contribution in [0.1, 0.15) is 42.6 Å². The van der Waals surface area contributed by atoms with Gasteiger partial charge in [-0.25, -0.2) is 0 Å². The largest absolute Gasteiger partial charge is 0.326 e. The Morgan fingerprint density at radius 3 is 2.26 bits per heavy atom. The van der Waals surface area contributed by atoms with E-state index in [1.807, 2.05) is 6.92 Å². The average Bonchev–Trinajstić information content (AvgIpc) is 2.68. The molecule has 2 aromatic carbocycles. The first kappa shape index (κ1) is 19.3. The molecule has 0 radical (unpaired) electrons. The first-order valence-corrected chi connectivity index (χ1v) is 9.73. The molecule has 4 nitrogen and oxygen atoms in total. The van der Waals surface area contributed by atoms with Crippen LogP contribution in [0.5, 0.6) is 0 Å². The fraction of sp³-hybridized carbons (Fsp3) is 0.391. The molecule has 0 saturated carbocycles. The van der Waals surface area contributed by atoms with E-state index in [1.165, 1.54) is 12.5 Å². The van der Waals surface area contributed by atoms with Gasteiger partial charge in [-0.15, -0.1) is 0 Å². The number of nitrogens with one attached hydrogen (secondary N) is 1. The summed E-state index contributed by atoms with van der Waals surface area (Å²) in [5.41, 5.74) is 2.82. The lowest BCUT2D eigenvalue weighted by Crippen LogP contribution is -2.44. The number of carbonyl (C=O) groups excluding carboxylic acids is 2. The third-order valence-corrected chi connectivity index (χ3v) is 5.43. The van der Waals surface area contributed by atoms with Crippen molar-refractivity contribution < 1.29 is 9.59 Å². The van der Waals surface area contributed by atoms with Gasteiger partial charge in [-0.05, 0) is 75.0 Å². The molecule has 3 rings (SSSR count). The average molecular weight is 364 g/mol. The summed E-state index contributed by atoms with van der Waals surface area (Å²) in [4.78, 5) is 26.2. The van der Waals surface area contributed by atoms with Gasteiger partial charge in [0.15, 0.2) is 5.78 Å². The smallest absolute Gasteiger partial charge is 0.221 e. The molecule has 0 aliphatic carbocycles. The zero-order valence-electron chi connectivity index (χ0n) is 16.2. The van der Waals surface area contributed by atoms with Crippen molar-refractivity contribution in [2.75, 3.05) is 18.4 Å². The van der Waals surface area contributed by atoms with Crippen molar-refractivity contribution in [1.82, 2.24) is 4.90 Å². The minimum atomic E-state index is -0.116. The van der Waals surface area contributed by atoms with Gasteiger partial charge in [-0.2, -0.15) is 0 Å². The molecule has 0 spiro atoms. The Kier molecular flexibility index (Phi) is 6.40. The Bertz CT molecular complexity index is 763. The van der Waals surface area contributed by atoms with Gasteiger partial charge in [-0.1, -0.05) is 30.3 Å². The first-order chi connectivity index (χ1) is 13.0. The van der Waals surface area contributed by atoms with Gasteiger partial charge >= 0.3 is 0 Å². The van der Waals surface area contributed by atoms with E-state index in [9.17, 15) is 9.59 Å². The summed E-state index contributed by atoms with van der Waals surface area (Å²) >= 11 is 0. The molecule has 1 fully saturated rings. The number of ketones is 1. The molecule has 4 heteroatoms. The predicted octanol–water partition coefficient (Wildman–Crippen LogP) is 4.17. The molecule has 2 aromatic rings. The van der Waals surface area contributed by atoms with Crippen molar-refractivity contribution in [3.05, 3.63) is 65.7 Å². The van der Waals surface area contributed by atoms with Crippen LogP contribution in [0.3, 0.4) is 0 Å². The van der Waals surface area contributed by atoms with Crippen molar-refractivity contribution in [2.45, 2.75) is 39.2 Å². The Labute approximate surface area is 161 Å². The SMILES string of the molecule is CC(=O)Nc1ccc(C(=O)C(C)N2CCC(Cc3ccccc3)CC2)cc1. The van der Waals surface area contributed by atoms with E-state index in [0.29, 0.717) is 17.2 Å². The van der Waals surface area contributed by atoms with Gasteiger partial charge in [0, 0.05) is 18.2 Å². The number of carbonyl (C=O) groups is 2. The maximum absolute atomic E-state index is 12.8. The van der Waals surface area contributed by atoms with Gasteiger partial charge in [-0.3, -0.25) is 14.5 Å². The number of benzene rings is 2. The molecule has 27 heavy (non-hydrogen) atoms. The van der Waals surface area contributed by atoms with E-state index < -0.39 is 0 Å². The zero-order valence-corrected chi connectivity index (χ0v) is 16.2. The molecule has 1 aliphatic heterocycles. The molecule has 0 aromatic heterocycles. The number of hydrogen-bond donors (Lipinski definition) is 1.